The number of rotatable bonds is 3. The lowest BCUT2D eigenvalue weighted by atomic mass is 9.93. The van der Waals surface area contributed by atoms with Crippen LogP contribution in [-0.2, 0) is 4.79 Å². The first kappa shape index (κ1) is 14.5. The van der Waals surface area contributed by atoms with E-state index in [4.69, 9.17) is 11.6 Å². The first-order valence-corrected chi connectivity index (χ1v) is 8.12. The maximum absolute atomic E-state index is 12.4. The Morgan fingerprint density at radius 1 is 1.24 bits per heavy atom. The van der Waals surface area contributed by atoms with Crippen LogP contribution < -0.4 is 10.2 Å². The molecular weight excluding hydrogens is 284 g/mol. The molecule has 3 rings (SSSR count). The number of carbonyl (C=O) groups excluding carboxylic acids is 1. The van der Waals surface area contributed by atoms with E-state index in [0.717, 1.165) is 43.7 Å². The summed E-state index contributed by atoms with van der Waals surface area (Å²) in [7, 11) is 0. The number of benzene rings is 1. The molecule has 4 heteroatoms. The molecular formula is C17H21ClN2O. The van der Waals surface area contributed by atoms with Gasteiger partial charge in [-0.25, -0.2) is 0 Å². The number of hydrogen-bond donors (Lipinski definition) is 1. The SMILES string of the molecule is O=C(Nc1cc(Cl)ccc1N1CCCC1)[C@@H]1CC=CCC1. The first-order chi connectivity index (χ1) is 10.2. The van der Waals surface area contributed by atoms with E-state index < -0.39 is 0 Å². The van der Waals surface area contributed by atoms with Gasteiger partial charge >= 0.3 is 0 Å². The lowest BCUT2D eigenvalue weighted by Gasteiger charge is -2.23. The second kappa shape index (κ2) is 6.52. The smallest absolute Gasteiger partial charge is 0.227 e. The third-order valence-corrected chi connectivity index (χ3v) is 4.54. The molecule has 1 heterocycles. The van der Waals surface area contributed by atoms with Crippen molar-refractivity contribution in [3.8, 4) is 0 Å². The minimum atomic E-state index is 0.0837. The molecule has 0 bridgehead atoms. The summed E-state index contributed by atoms with van der Waals surface area (Å²) in [5.74, 6) is 0.197. The Morgan fingerprint density at radius 2 is 2.05 bits per heavy atom. The van der Waals surface area contributed by atoms with E-state index in [1.54, 1.807) is 0 Å². The van der Waals surface area contributed by atoms with Gasteiger partial charge in [0.2, 0.25) is 5.91 Å². The Labute approximate surface area is 131 Å². The summed E-state index contributed by atoms with van der Waals surface area (Å²) in [4.78, 5) is 14.8. The molecule has 1 atom stereocenters. The highest BCUT2D eigenvalue weighted by molar-refractivity contribution is 6.31. The molecule has 1 saturated heterocycles. The van der Waals surface area contributed by atoms with Crippen molar-refractivity contribution < 1.29 is 4.79 Å². The van der Waals surface area contributed by atoms with E-state index in [0.29, 0.717) is 5.02 Å². The van der Waals surface area contributed by atoms with Crippen molar-refractivity contribution in [2.75, 3.05) is 23.3 Å². The van der Waals surface area contributed by atoms with Crippen LogP contribution in [0.3, 0.4) is 0 Å². The highest BCUT2D eigenvalue weighted by Crippen LogP contribution is 2.32. The molecule has 112 valence electrons. The van der Waals surface area contributed by atoms with Gasteiger partial charge in [-0.15, -0.1) is 0 Å². The zero-order valence-electron chi connectivity index (χ0n) is 12.1. The minimum absolute atomic E-state index is 0.0837. The quantitative estimate of drug-likeness (QED) is 0.847. The maximum Gasteiger partial charge on any atom is 0.227 e. The fourth-order valence-electron chi connectivity index (χ4n) is 3.11. The van der Waals surface area contributed by atoms with Gasteiger partial charge in [0.05, 0.1) is 11.4 Å². The van der Waals surface area contributed by atoms with Gasteiger partial charge < -0.3 is 10.2 Å². The minimum Gasteiger partial charge on any atom is -0.370 e. The summed E-state index contributed by atoms with van der Waals surface area (Å²) >= 11 is 6.11. The number of nitrogens with zero attached hydrogens (tertiary/aromatic N) is 1. The number of amides is 1. The van der Waals surface area contributed by atoms with Crippen molar-refractivity contribution in [1.29, 1.82) is 0 Å². The lowest BCUT2D eigenvalue weighted by molar-refractivity contribution is -0.120. The third kappa shape index (κ3) is 3.41. The topological polar surface area (TPSA) is 32.3 Å². The Morgan fingerprint density at radius 3 is 2.76 bits per heavy atom. The van der Waals surface area contributed by atoms with Crippen molar-refractivity contribution in [3.63, 3.8) is 0 Å². The van der Waals surface area contributed by atoms with Gasteiger partial charge in [-0.2, -0.15) is 0 Å². The summed E-state index contributed by atoms with van der Waals surface area (Å²) in [6.45, 7) is 2.10. The molecule has 3 nitrogen and oxygen atoms in total. The van der Waals surface area contributed by atoms with Gasteiger partial charge in [0.1, 0.15) is 0 Å². The van der Waals surface area contributed by atoms with Gasteiger partial charge in [-0.1, -0.05) is 23.8 Å². The van der Waals surface area contributed by atoms with E-state index in [-0.39, 0.29) is 11.8 Å². The fraction of sp³-hybridized carbons (Fsp3) is 0.471. The van der Waals surface area contributed by atoms with E-state index in [1.165, 1.54) is 12.8 Å². The molecule has 1 aromatic carbocycles. The number of hydrogen-bond acceptors (Lipinski definition) is 2. The van der Waals surface area contributed by atoms with Gasteiger partial charge in [-0.3, -0.25) is 4.79 Å². The first-order valence-electron chi connectivity index (χ1n) is 7.74. The van der Waals surface area contributed by atoms with Gasteiger partial charge in [0.15, 0.2) is 0 Å². The summed E-state index contributed by atoms with van der Waals surface area (Å²) in [6, 6.07) is 5.78. The summed E-state index contributed by atoms with van der Waals surface area (Å²) < 4.78 is 0. The molecule has 2 aliphatic rings. The summed E-state index contributed by atoms with van der Waals surface area (Å²) in [5.41, 5.74) is 1.94. The number of nitrogens with one attached hydrogen (secondary N) is 1. The normalized spacial score (nSPS) is 21.6. The molecule has 0 unspecified atom stereocenters. The molecule has 1 aliphatic carbocycles. The van der Waals surface area contributed by atoms with Crippen LogP contribution in [0.1, 0.15) is 32.1 Å². The van der Waals surface area contributed by atoms with Crippen molar-refractivity contribution in [1.82, 2.24) is 0 Å². The van der Waals surface area contributed by atoms with Crippen molar-refractivity contribution in [2.45, 2.75) is 32.1 Å². The monoisotopic (exact) mass is 304 g/mol. The largest absolute Gasteiger partial charge is 0.370 e. The Bertz CT molecular complexity index is 550. The van der Waals surface area contributed by atoms with Gasteiger partial charge in [-0.05, 0) is 50.3 Å². The summed E-state index contributed by atoms with van der Waals surface area (Å²) in [6.07, 6.45) is 9.44. The van der Waals surface area contributed by atoms with Crippen LogP contribution in [0, 0.1) is 5.92 Å². The molecule has 1 fully saturated rings. The van der Waals surface area contributed by atoms with Crippen LogP contribution in [0.5, 0.6) is 0 Å². The molecule has 1 amide bonds. The Balaban J connectivity index is 1.78. The standard InChI is InChI=1S/C17H21ClN2O/c18-14-8-9-16(20-10-4-5-11-20)15(12-14)19-17(21)13-6-2-1-3-7-13/h1-2,8-9,12-13H,3-7,10-11H2,(H,19,21)/t13-/m1/s1. The summed E-state index contributed by atoms with van der Waals surface area (Å²) in [5, 5.41) is 3.76. The molecule has 1 aromatic rings. The fourth-order valence-corrected chi connectivity index (χ4v) is 3.28. The van der Waals surface area contributed by atoms with Crippen LogP contribution in [0.4, 0.5) is 11.4 Å². The number of carbonyl (C=O) groups is 1. The Kier molecular flexibility index (Phi) is 4.49. The molecule has 0 spiro atoms. The van der Waals surface area contributed by atoms with Crippen LogP contribution in [-0.4, -0.2) is 19.0 Å². The van der Waals surface area contributed by atoms with Crippen LogP contribution in [0.15, 0.2) is 30.4 Å². The number of allylic oxidation sites excluding steroid dienone is 2. The Hall–Kier alpha value is -1.48. The lowest BCUT2D eigenvalue weighted by Crippen LogP contribution is -2.26. The van der Waals surface area contributed by atoms with Crippen LogP contribution in [0.25, 0.3) is 0 Å². The number of anilines is 2. The molecule has 1 N–H and O–H groups in total. The molecule has 21 heavy (non-hydrogen) atoms. The molecule has 0 radical (unpaired) electrons. The van der Waals surface area contributed by atoms with E-state index in [2.05, 4.69) is 22.4 Å². The predicted octanol–water partition coefficient (Wildman–Crippen LogP) is 4.24. The van der Waals surface area contributed by atoms with E-state index in [1.807, 2.05) is 18.2 Å². The third-order valence-electron chi connectivity index (χ3n) is 4.30. The molecule has 1 aliphatic heterocycles. The van der Waals surface area contributed by atoms with E-state index >= 15 is 0 Å². The van der Waals surface area contributed by atoms with Crippen LogP contribution >= 0.6 is 11.6 Å². The molecule has 0 aromatic heterocycles. The predicted molar refractivity (Wildman–Crippen MR) is 88.0 cm³/mol. The average Bonchev–Trinajstić information content (AvgIpc) is 3.02. The second-order valence-electron chi connectivity index (χ2n) is 5.83. The zero-order valence-corrected chi connectivity index (χ0v) is 12.9. The number of halogens is 1. The molecule has 0 saturated carbocycles. The van der Waals surface area contributed by atoms with Crippen molar-refractivity contribution in [2.24, 2.45) is 5.92 Å². The van der Waals surface area contributed by atoms with Gasteiger partial charge in [0.25, 0.3) is 0 Å². The van der Waals surface area contributed by atoms with E-state index in [9.17, 15) is 4.79 Å². The van der Waals surface area contributed by atoms with Crippen molar-refractivity contribution in [3.05, 3.63) is 35.4 Å². The highest BCUT2D eigenvalue weighted by atomic mass is 35.5. The average molecular weight is 305 g/mol. The van der Waals surface area contributed by atoms with Crippen molar-refractivity contribution >= 4 is 28.9 Å². The zero-order chi connectivity index (χ0) is 14.7. The maximum atomic E-state index is 12.4. The van der Waals surface area contributed by atoms with Crippen LogP contribution in [0.2, 0.25) is 5.02 Å². The van der Waals surface area contributed by atoms with Gasteiger partial charge in [0, 0.05) is 24.0 Å². The second-order valence-corrected chi connectivity index (χ2v) is 6.26. The highest BCUT2D eigenvalue weighted by Gasteiger charge is 2.22.